The van der Waals surface area contributed by atoms with Gasteiger partial charge in [0.05, 0.1) is 6.10 Å². The van der Waals surface area contributed by atoms with Crippen LogP contribution in [0.15, 0.2) is 24.8 Å². The molecule has 7 heteroatoms. The summed E-state index contributed by atoms with van der Waals surface area (Å²) < 4.78 is 2.34. The predicted molar refractivity (Wildman–Crippen MR) is 111 cm³/mol. The second kappa shape index (κ2) is 8.90. The molecule has 4 rings (SSSR count). The van der Waals surface area contributed by atoms with Crippen molar-refractivity contribution in [1.29, 1.82) is 0 Å². The van der Waals surface area contributed by atoms with Gasteiger partial charge in [-0.1, -0.05) is 13.3 Å². The summed E-state index contributed by atoms with van der Waals surface area (Å²) in [7, 11) is 0. The lowest BCUT2D eigenvalue weighted by Crippen LogP contribution is -2.37. The fourth-order valence-electron chi connectivity index (χ4n) is 4.34. The fraction of sp³-hybridized carbons (Fsp3) is 0.667. The quantitative estimate of drug-likeness (QED) is 0.826. The van der Waals surface area contributed by atoms with E-state index < -0.39 is 0 Å². The van der Waals surface area contributed by atoms with Gasteiger partial charge in [0.15, 0.2) is 0 Å². The van der Waals surface area contributed by atoms with Crippen molar-refractivity contribution in [1.82, 2.24) is 19.5 Å². The molecule has 2 fully saturated rings. The Morgan fingerprint density at radius 1 is 0.964 bits per heavy atom. The lowest BCUT2D eigenvalue weighted by molar-refractivity contribution is 0.145. The second-order valence-electron chi connectivity index (χ2n) is 8.05. The first-order valence-electron chi connectivity index (χ1n) is 10.8. The topological polar surface area (TPSA) is 70.3 Å². The molecule has 2 saturated heterocycles. The van der Waals surface area contributed by atoms with Crippen LogP contribution in [0.5, 0.6) is 0 Å². The van der Waals surface area contributed by atoms with Crippen LogP contribution in [0.25, 0.3) is 0 Å². The molecular weight excluding hydrogens is 352 g/mol. The SMILES string of the molecule is CCCCn1ccnc1C1CCN(c2cc(N3CCC(O)CC3)ncn2)CC1. The smallest absolute Gasteiger partial charge is 0.134 e. The number of piperidine rings is 2. The maximum atomic E-state index is 9.73. The Hall–Kier alpha value is -2.15. The van der Waals surface area contributed by atoms with Crippen LogP contribution >= 0.6 is 0 Å². The van der Waals surface area contributed by atoms with Crippen LogP contribution < -0.4 is 9.80 Å². The van der Waals surface area contributed by atoms with Crippen LogP contribution in [0.4, 0.5) is 11.6 Å². The highest BCUT2D eigenvalue weighted by molar-refractivity contribution is 5.50. The number of hydrogen-bond donors (Lipinski definition) is 1. The minimum atomic E-state index is -0.165. The molecule has 2 aromatic rings. The molecule has 0 aliphatic carbocycles. The summed E-state index contributed by atoms with van der Waals surface area (Å²) >= 11 is 0. The Morgan fingerprint density at radius 3 is 2.25 bits per heavy atom. The van der Waals surface area contributed by atoms with Gasteiger partial charge < -0.3 is 19.5 Å². The highest BCUT2D eigenvalue weighted by atomic mass is 16.3. The number of imidazole rings is 1. The molecule has 0 radical (unpaired) electrons. The highest BCUT2D eigenvalue weighted by Gasteiger charge is 2.25. The van der Waals surface area contributed by atoms with E-state index in [1.54, 1.807) is 6.33 Å². The van der Waals surface area contributed by atoms with E-state index in [1.165, 1.54) is 18.7 Å². The van der Waals surface area contributed by atoms with Gasteiger partial charge in [0.2, 0.25) is 0 Å². The second-order valence-corrected chi connectivity index (χ2v) is 8.05. The van der Waals surface area contributed by atoms with Crippen molar-refractivity contribution >= 4 is 11.6 Å². The molecule has 4 heterocycles. The highest BCUT2D eigenvalue weighted by Crippen LogP contribution is 2.30. The van der Waals surface area contributed by atoms with Crippen LogP contribution in [0.3, 0.4) is 0 Å². The first-order chi connectivity index (χ1) is 13.7. The van der Waals surface area contributed by atoms with Gasteiger partial charge in [-0.25, -0.2) is 15.0 Å². The van der Waals surface area contributed by atoms with E-state index in [0.717, 1.165) is 70.0 Å². The van der Waals surface area contributed by atoms with Crippen molar-refractivity contribution in [2.45, 2.75) is 64.0 Å². The Balaban J connectivity index is 1.38. The minimum Gasteiger partial charge on any atom is -0.393 e. The monoisotopic (exact) mass is 384 g/mol. The molecule has 0 amide bonds. The molecule has 7 nitrogen and oxygen atoms in total. The summed E-state index contributed by atoms with van der Waals surface area (Å²) in [5.74, 6) is 3.79. The van der Waals surface area contributed by atoms with E-state index in [4.69, 9.17) is 0 Å². The van der Waals surface area contributed by atoms with Gasteiger partial charge >= 0.3 is 0 Å². The van der Waals surface area contributed by atoms with Crippen LogP contribution in [0, 0.1) is 0 Å². The molecule has 0 bridgehead atoms. The van der Waals surface area contributed by atoms with Crippen molar-refractivity contribution in [3.63, 3.8) is 0 Å². The number of rotatable bonds is 6. The Morgan fingerprint density at radius 2 is 1.61 bits per heavy atom. The summed E-state index contributed by atoms with van der Waals surface area (Å²) in [5, 5.41) is 9.73. The number of nitrogens with zero attached hydrogens (tertiary/aromatic N) is 6. The number of unbranched alkanes of at least 4 members (excludes halogenated alkanes) is 1. The van der Waals surface area contributed by atoms with Crippen molar-refractivity contribution in [3.8, 4) is 0 Å². The largest absolute Gasteiger partial charge is 0.393 e. The van der Waals surface area contributed by atoms with Crippen molar-refractivity contribution in [3.05, 3.63) is 30.6 Å². The average Bonchev–Trinajstić information content (AvgIpc) is 3.21. The van der Waals surface area contributed by atoms with Gasteiger partial charge in [-0.15, -0.1) is 0 Å². The number of hydrogen-bond acceptors (Lipinski definition) is 6. The molecule has 0 unspecified atom stereocenters. The number of aryl methyl sites for hydroxylation is 1. The van der Waals surface area contributed by atoms with Crippen molar-refractivity contribution in [2.24, 2.45) is 0 Å². The first kappa shape index (κ1) is 19.2. The molecule has 2 aliphatic rings. The van der Waals surface area contributed by atoms with Crippen LogP contribution in [-0.4, -0.2) is 56.9 Å². The lowest BCUT2D eigenvalue weighted by atomic mass is 9.96. The minimum absolute atomic E-state index is 0.165. The third-order valence-electron chi connectivity index (χ3n) is 6.11. The van der Waals surface area contributed by atoms with E-state index in [0.29, 0.717) is 5.92 Å². The number of aromatic nitrogens is 4. The summed E-state index contributed by atoms with van der Waals surface area (Å²) in [5.41, 5.74) is 0. The fourth-order valence-corrected chi connectivity index (χ4v) is 4.34. The lowest BCUT2D eigenvalue weighted by Gasteiger charge is -2.34. The van der Waals surface area contributed by atoms with Crippen molar-refractivity contribution in [2.75, 3.05) is 36.0 Å². The summed E-state index contributed by atoms with van der Waals surface area (Å²) in [6, 6.07) is 2.11. The molecule has 28 heavy (non-hydrogen) atoms. The van der Waals surface area contributed by atoms with Gasteiger partial charge in [0.25, 0.3) is 0 Å². The zero-order chi connectivity index (χ0) is 19.3. The Bertz CT molecular complexity index is 747. The Kier molecular flexibility index (Phi) is 6.10. The van der Waals surface area contributed by atoms with E-state index in [2.05, 4.69) is 48.5 Å². The van der Waals surface area contributed by atoms with Gasteiger partial charge in [-0.05, 0) is 32.1 Å². The molecule has 2 aromatic heterocycles. The molecule has 152 valence electrons. The van der Waals surface area contributed by atoms with Gasteiger partial charge in [-0.3, -0.25) is 0 Å². The zero-order valence-corrected chi connectivity index (χ0v) is 16.9. The number of anilines is 2. The summed E-state index contributed by atoms with van der Waals surface area (Å²) in [6.07, 6.45) is 11.9. The maximum Gasteiger partial charge on any atom is 0.134 e. The van der Waals surface area contributed by atoms with Crippen LogP contribution in [-0.2, 0) is 6.54 Å². The zero-order valence-electron chi connectivity index (χ0n) is 16.9. The van der Waals surface area contributed by atoms with Crippen molar-refractivity contribution < 1.29 is 5.11 Å². The third-order valence-corrected chi connectivity index (χ3v) is 6.11. The predicted octanol–water partition coefficient (Wildman–Crippen LogP) is 2.82. The summed E-state index contributed by atoms with van der Waals surface area (Å²) in [4.78, 5) is 18.3. The third kappa shape index (κ3) is 4.29. The maximum absolute atomic E-state index is 9.73. The Labute approximate surface area is 167 Å². The molecular formula is C21H32N6O. The molecule has 0 aromatic carbocycles. The molecule has 0 atom stereocenters. The van der Waals surface area contributed by atoms with E-state index >= 15 is 0 Å². The average molecular weight is 385 g/mol. The molecule has 0 saturated carbocycles. The van der Waals surface area contributed by atoms with Crippen LogP contribution in [0.1, 0.15) is 57.2 Å². The molecule has 1 N–H and O–H groups in total. The van der Waals surface area contributed by atoms with E-state index in [9.17, 15) is 5.11 Å². The normalized spacial score (nSPS) is 19.4. The van der Waals surface area contributed by atoms with E-state index in [1.807, 2.05) is 6.20 Å². The van der Waals surface area contributed by atoms with Gasteiger partial charge in [-0.2, -0.15) is 0 Å². The number of aliphatic hydroxyl groups excluding tert-OH is 1. The standard InChI is InChI=1S/C21H32N6O/c1-2-3-9-27-14-8-22-21(27)17-4-10-25(11-5-17)19-15-20(24-16-23-19)26-12-6-18(28)7-13-26/h8,14-18,28H,2-7,9-13H2,1H3. The van der Waals surface area contributed by atoms with Gasteiger partial charge in [0, 0.05) is 57.1 Å². The molecule has 0 spiro atoms. The van der Waals surface area contributed by atoms with Crippen LogP contribution in [0.2, 0.25) is 0 Å². The first-order valence-corrected chi connectivity index (χ1v) is 10.8. The molecule has 2 aliphatic heterocycles. The number of aliphatic hydroxyl groups is 1. The summed E-state index contributed by atoms with van der Waals surface area (Å²) in [6.45, 7) is 7.03. The van der Waals surface area contributed by atoms with E-state index in [-0.39, 0.29) is 6.10 Å². The van der Waals surface area contributed by atoms with Gasteiger partial charge in [0.1, 0.15) is 23.8 Å².